The van der Waals surface area contributed by atoms with Crippen molar-refractivity contribution in [1.29, 1.82) is 0 Å². The van der Waals surface area contributed by atoms with Crippen molar-refractivity contribution in [3.63, 3.8) is 0 Å². The smallest absolute Gasteiger partial charge is 0.346 e. The molecule has 140 valence electrons. The molecule has 1 amide bonds. The number of likely N-dealkylation sites (tertiary alicyclic amines) is 1. The second-order valence-electron chi connectivity index (χ2n) is 6.45. The molecule has 9 heteroatoms. The molecule has 1 heterocycles. The van der Waals surface area contributed by atoms with Gasteiger partial charge in [-0.1, -0.05) is 30.3 Å². The molecule has 0 saturated carbocycles. The Balaban J connectivity index is 1.88. The zero-order chi connectivity index (χ0) is 19.6. The van der Waals surface area contributed by atoms with Crippen molar-refractivity contribution in [3.8, 4) is 0 Å². The second-order valence-corrected chi connectivity index (χ2v) is 6.45. The van der Waals surface area contributed by atoms with Gasteiger partial charge in [-0.2, -0.15) is 0 Å². The number of benzene rings is 2. The number of nitro groups is 2. The van der Waals surface area contributed by atoms with Gasteiger partial charge in [-0.3, -0.25) is 25.0 Å². The lowest BCUT2D eigenvalue weighted by molar-refractivity contribution is -0.422. The Bertz CT molecular complexity index is 901. The van der Waals surface area contributed by atoms with E-state index in [2.05, 4.69) is 0 Å². The number of amides is 1. The number of piperidine rings is 1. The number of aliphatic hydroxyl groups is 1. The number of hydrogen-bond donors (Lipinski definition) is 1. The molecule has 3 rings (SSSR count). The molecular formula is C18H17N3O6. The molecule has 1 N–H and O–H groups in total. The van der Waals surface area contributed by atoms with Crippen LogP contribution >= 0.6 is 0 Å². The number of nitro benzene ring substituents is 2. The van der Waals surface area contributed by atoms with E-state index in [1.54, 1.807) is 24.3 Å². The maximum atomic E-state index is 12.8. The molecule has 1 unspecified atom stereocenters. The Labute approximate surface area is 154 Å². The van der Waals surface area contributed by atoms with Crippen LogP contribution in [0, 0.1) is 20.2 Å². The zero-order valence-corrected chi connectivity index (χ0v) is 14.3. The quantitative estimate of drug-likeness (QED) is 0.650. The zero-order valence-electron chi connectivity index (χ0n) is 14.3. The van der Waals surface area contributed by atoms with Gasteiger partial charge in [0, 0.05) is 24.2 Å². The van der Waals surface area contributed by atoms with Crippen LogP contribution < -0.4 is 0 Å². The van der Waals surface area contributed by atoms with Crippen LogP contribution in [-0.4, -0.2) is 38.8 Å². The number of nitrogens with zero attached hydrogens (tertiary/aromatic N) is 3. The van der Waals surface area contributed by atoms with Crippen LogP contribution in [0.1, 0.15) is 28.8 Å². The monoisotopic (exact) mass is 371 g/mol. The van der Waals surface area contributed by atoms with Crippen molar-refractivity contribution < 1.29 is 19.7 Å². The van der Waals surface area contributed by atoms with Crippen molar-refractivity contribution in [3.05, 3.63) is 79.9 Å². The minimum atomic E-state index is -1.21. The summed E-state index contributed by atoms with van der Waals surface area (Å²) in [5, 5.41) is 33.0. The number of rotatable bonds is 4. The van der Waals surface area contributed by atoms with Gasteiger partial charge in [-0.15, -0.1) is 0 Å². The fourth-order valence-corrected chi connectivity index (χ4v) is 3.33. The van der Waals surface area contributed by atoms with Gasteiger partial charge in [0.2, 0.25) is 0 Å². The van der Waals surface area contributed by atoms with Gasteiger partial charge >= 0.3 is 11.4 Å². The van der Waals surface area contributed by atoms with Crippen LogP contribution in [0.15, 0.2) is 48.5 Å². The van der Waals surface area contributed by atoms with Crippen LogP contribution in [0.4, 0.5) is 11.4 Å². The van der Waals surface area contributed by atoms with E-state index >= 15 is 0 Å². The molecule has 0 aliphatic carbocycles. The van der Waals surface area contributed by atoms with E-state index in [9.17, 15) is 30.1 Å². The van der Waals surface area contributed by atoms with Crippen molar-refractivity contribution in [2.24, 2.45) is 0 Å². The highest BCUT2D eigenvalue weighted by atomic mass is 16.6. The molecule has 9 nitrogen and oxygen atoms in total. The Hall–Kier alpha value is -3.33. The maximum Gasteiger partial charge on any atom is 0.346 e. The molecule has 1 fully saturated rings. The van der Waals surface area contributed by atoms with Gasteiger partial charge in [-0.25, -0.2) is 0 Å². The second kappa shape index (κ2) is 7.12. The molecule has 1 aliphatic heterocycles. The molecule has 0 spiro atoms. The summed E-state index contributed by atoms with van der Waals surface area (Å²) in [6.07, 6.45) is 1.05. The molecule has 0 aromatic heterocycles. The van der Waals surface area contributed by atoms with Gasteiger partial charge in [-0.05, 0) is 24.5 Å². The van der Waals surface area contributed by atoms with Crippen LogP contribution in [0.2, 0.25) is 0 Å². The van der Waals surface area contributed by atoms with E-state index in [4.69, 9.17) is 0 Å². The van der Waals surface area contributed by atoms with E-state index in [0.29, 0.717) is 24.9 Å². The van der Waals surface area contributed by atoms with Crippen LogP contribution in [-0.2, 0) is 5.60 Å². The summed E-state index contributed by atoms with van der Waals surface area (Å²) in [4.78, 5) is 34.5. The first-order valence-corrected chi connectivity index (χ1v) is 8.32. The van der Waals surface area contributed by atoms with Gasteiger partial charge in [0.1, 0.15) is 5.60 Å². The van der Waals surface area contributed by atoms with E-state index in [1.165, 1.54) is 11.0 Å². The number of carbonyl (C=O) groups excluding carboxylic acids is 1. The molecule has 2 aromatic rings. The first kappa shape index (κ1) is 18.5. The molecular weight excluding hydrogens is 354 g/mol. The molecule has 1 aliphatic rings. The predicted octanol–water partition coefficient (Wildman–Crippen LogP) is 2.63. The molecule has 1 saturated heterocycles. The number of carbonyl (C=O) groups is 1. The Morgan fingerprint density at radius 2 is 1.70 bits per heavy atom. The third-order valence-electron chi connectivity index (χ3n) is 4.68. The van der Waals surface area contributed by atoms with Crippen molar-refractivity contribution >= 4 is 17.3 Å². The summed E-state index contributed by atoms with van der Waals surface area (Å²) in [7, 11) is 0. The third-order valence-corrected chi connectivity index (χ3v) is 4.68. The number of β-amino-alcohol motifs (C(OH)–C–C–N with tert-alkyl or cyclic N) is 1. The molecule has 2 aromatic carbocycles. The van der Waals surface area contributed by atoms with Crippen LogP contribution in [0.25, 0.3) is 0 Å². The lowest BCUT2D eigenvalue weighted by Crippen LogP contribution is -2.48. The van der Waals surface area contributed by atoms with Crippen LogP contribution in [0.3, 0.4) is 0 Å². The Morgan fingerprint density at radius 3 is 2.33 bits per heavy atom. The van der Waals surface area contributed by atoms with E-state index < -0.39 is 32.7 Å². The molecule has 0 radical (unpaired) electrons. The van der Waals surface area contributed by atoms with Crippen molar-refractivity contribution in [2.75, 3.05) is 13.1 Å². The fourth-order valence-electron chi connectivity index (χ4n) is 3.33. The number of hydrogen-bond acceptors (Lipinski definition) is 6. The van der Waals surface area contributed by atoms with Gasteiger partial charge < -0.3 is 10.0 Å². The minimum absolute atomic E-state index is 0.0235. The summed E-state index contributed by atoms with van der Waals surface area (Å²) in [5.74, 6) is -0.512. The average molecular weight is 371 g/mol. The Kier molecular flexibility index (Phi) is 4.87. The standard InChI is InChI=1S/C18H17N3O6/c22-17(13-7-8-15(20(24)25)16(11-13)21(26)27)19-10-4-9-18(23,12-19)14-5-2-1-3-6-14/h1-3,5-8,11,23H,4,9-10,12H2. The lowest BCUT2D eigenvalue weighted by atomic mass is 9.85. The highest BCUT2D eigenvalue weighted by Gasteiger charge is 2.37. The first-order chi connectivity index (χ1) is 12.8. The summed E-state index contributed by atoms with van der Waals surface area (Å²) < 4.78 is 0. The first-order valence-electron chi connectivity index (χ1n) is 8.32. The van der Waals surface area contributed by atoms with Gasteiger partial charge in [0.25, 0.3) is 5.91 Å². The molecule has 1 atom stereocenters. The van der Waals surface area contributed by atoms with Gasteiger partial charge in [0.15, 0.2) is 0 Å². The molecule has 0 bridgehead atoms. The minimum Gasteiger partial charge on any atom is -0.383 e. The lowest BCUT2D eigenvalue weighted by Gasteiger charge is -2.39. The fraction of sp³-hybridized carbons (Fsp3) is 0.278. The summed E-state index contributed by atoms with van der Waals surface area (Å²) in [6, 6.07) is 12.1. The summed E-state index contributed by atoms with van der Waals surface area (Å²) >= 11 is 0. The normalized spacial score (nSPS) is 19.5. The SMILES string of the molecule is O=C(c1ccc([N+](=O)[O-])c([N+](=O)[O-])c1)N1CCCC(O)(c2ccccc2)C1. The Morgan fingerprint density at radius 1 is 1.04 bits per heavy atom. The van der Waals surface area contributed by atoms with E-state index in [0.717, 1.165) is 12.1 Å². The van der Waals surface area contributed by atoms with Crippen molar-refractivity contribution in [1.82, 2.24) is 4.90 Å². The topological polar surface area (TPSA) is 127 Å². The largest absolute Gasteiger partial charge is 0.383 e. The van der Waals surface area contributed by atoms with Gasteiger partial charge in [0.05, 0.1) is 16.4 Å². The highest BCUT2D eigenvalue weighted by Crippen LogP contribution is 2.33. The molecule has 27 heavy (non-hydrogen) atoms. The third kappa shape index (κ3) is 3.63. The summed E-state index contributed by atoms with van der Waals surface area (Å²) in [6.45, 7) is 0.430. The average Bonchev–Trinajstić information content (AvgIpc) is 2.67. The van der Waals surface area contributed by atoms with Crippen LogP contribution in [0.5, 0.6) is 0 Å². The highest BCUT2D eigenvalue weighted by molar-refractivity contribution is 5.95. The van der Waals surface area contributed by atoms with E-state index in [1.807, 2.05) is 6.07 Å². The van der Waals surface area contributed by atoms with E-state index in [-0.39, 0.29) is 12.1 Å². The predicted molar refractivity (Wildman–Crippen MR) is 95.2 cm³/mol. The van der Waals surface area contributed by atoms with Crippen molar-refractivity contribution in [2.45, 2.75) is 18.4 Å². The maximum absolute atomic E-state index is 12.8. The summed E-state index contributed by atoms with van der Waals surface area (Å²) in [5.41, 5.74) is -1.94.